The summed E-state index contributed by atoms with van der Waals surface area (Å²) in [6.07, 6.45) is 1.80. The summed E-state index contributed by atoms with van der Waals surface area (Å²) in [5.41, 5.74) is 7.48. The lowest BCUT2D eigenvalue weighted by molar-refractivity contribution is -0.122. The Morgan fingerprint density at radius 1 is 1.30 bits per heavy atom. The molecule has 0 atom stereocenters. The normalized spacial score (nSPS) is 16.4. The van der Waals surface area contributed by atoms with Gasteiger partial charge in [-0.15, -0.1) is 0 Å². The molecular formula is C16H22N2O2. The molecule has 1 amide bonds. The molecule has 1 aromatic carbocycles. The molecule has 0 unspecified atom stereocenters. The molecule has 0 fully saturated rings. The summed E-state index contributed by atoms with van der Waals surface area (Å²) in [5, 5.41) is 0. The van der Waals surface area contributed by atoms with Crippen LogP contribution in [0.5, 0.6) is 0 Å². The highest BCUT2D eigenvalue weighted by molar-refractivity contribution is 6.08. The van der Waals surface area contributed by atoms with Gasteiger partial charge in [0, 0.05) is 17.8 Å². The number of hydrogen-bond acceptors (Lipinski definition) is 3. The monoisotopic (exact) mass is 274 g/mol. The maximum Gasteiger partial charge on any atom is 0.237 e. The van der Waals surface area contributed by atoms with Crippen LogP contribution in [0.3, 0.4) is 0 Å². The van der Waals surface area contributed by atoms with Crippen LogP contribution in [-0.4, -0.2) is 24.8 Å². The van der Waals surface area contributed by atoms with Gasteiger partial charge in [-0.2, -0.15) is 0 Å². The number of nitrogens with zero attached hydrogens (tertiary/aromatic N) is 1. The zero-order valence-corrected chi connectivity index (χ0v) is 12.4. The third kappa shape index (κ3) is 2.36. The van der Waals surface area contributed by atoms with E-state index < -0.39 is 5.41 Å². The lowest BCUT2D eigenvalue weighted by Crippen LogP contribution is -2.36. The second kappa shape index (κ2) is 5.37. The highest BCUT2D eigenvalue weighted by atomic mass is 16.2. The summed E-state index contributed by atoms with van der Waals surface area (Å²) < 4.78 is 0. The molecule has 4 nitrogen and oxygen atoms in total. The van der Waals surface area contributed by atoms with Gasteiger partial charge in [0.05, 0.1) is 5.41 Å². The van der Waals surface area contributed by atoms with E-state index in [1.54, 1.807) is 13.0 Å². The molecule has 0 saturated carbocycles. The molecule has 0 aliphatic carbocycles. The largest absolute Gasteiger partial charge is 0.330 e. The minimum Gasteiger partial charge on any atom is -0.330 e. The molecule has 1 aliphatic rings. The Hall–Kier alpha value is -1.68. The molecule has 0 saturated heterocycles. The van der Waals surface area contributed by atoms with Crippen molar-refractivity contribution < 1.29 is 9.59 Å². The van der Waals surface area contributed by atoms with Gasteiger partial charge in [0.15, 0.2) is 5.78 Å². The first-order valence-corrected chi connectivity index (χ1v) is 7.07. The van der Waals surface area contributed by atoms with Gasteiger partial charge >= 0.3 is 0 Å². The third-order valence-electron chi connectivity index (χ3n) is 3.98. The van der Waals surface area contributed by atoms with Crippen molar-refractivity contribution in [3.8, 4) is 0 Å². The van der Waals surface area contributed by atoms with E-state index in [0.29, 0.717) is 18.7 Å². The van der Waals surface area contributed by atoms with Gasteiger partial charge in [0.1, 0.15) is 0 Å². The minimum absolute atomic E-state index is 0.0256. The molecule has 20 heavy (non-hydrogen) atoms. The van der Waals surface area contributed by atoms with Crippen molar-refractivity contribution in [3.63, 3.8) is 0 Å². The van der Waals surface area contributed by atoms with Crippen molar-refractivity contribution in [3.05, 3.63) is 29.3 Å². The number of hydrogen-bond donors (Lipinski definition) is 1. The Morgan fingerprint density at radius 3 is 2.60 bits per heavy atom. The molecule has 0 aromatic heterocycles. The van der Waals surface area contributed by atoms with Crippen LogP contribution in [0, 0.1) is 0 Å². The van der Waals surface area contributed by atoms with Gasteiger partial charge in [-0.05, 0) is 63.9 Å². The molecule has 0 radical (unpaired) electrons. The molecule has 1 aliphatic heterocycles. The van der Waals surface area contributed by atoms with E-state index in [-0.39, 0.29) is 11.7 Å². The van der Waals surface area contributed by atoms with Gasteiger partial charge in [-0.1, -0.05) is 0 Å². The number of amides is 1. The predicted molar refractivity (Wildman–Crippen MR) is 80.1 cm³/mol. The zero-order valence-electron chi connectivity index (χ0n) is 12.4. The first-order chi connectivity index (χ1) is 9.39. The van der Waals surface area contributed by atoms with Crippen molar-refractivity contribution in [2.75, 3.05) is 18.0 Å². The molecule has 1 aromatic rings. The number of fused-ring (bicyclic) bond motifs is 1. The van der Waals surface area contributed by atoms with Gasteiger partial charge in [0.25, 0.3) is 0 Å². The SMILES string of the molecule is CC(=O)c1ccc2c(c1)C(C)(C)C(=O)N2CCCCN. The van der Waals surface area contributed by atoms with Crippen LogP contribution in [0.2, 0.25) is 0 Å². The fourth-order valence-corrected chi connectivity index (χ4v) is 2.69. The Bertz CT molecular complexity index is 549. The number of benzene rings is 1. The second-order valence-electron chi connectivity index (χ2n) is 5.87. The molecule has 4 heteroatoms. The lowest BCUT2D eigenvalue weighted by atomic mass is 9.85. The highest BCUT2D eigenvalue weighted by Gasteiger charge is 2.43. The first kappa shape index (κ1) is 14.7. The van der Waals surface area contributed by atoms with E-state index in [4.69, 9.17) is 5.73 Å². The number of carbonyl (C=O) groups excluding carboxylic acids is 2. The summed E-state index contributed by atoms with van der Waals surface area (Å²) >= 11 is 0. The maximum atomic E-state index is 12.6. The first-order valence-electron chi connectivity index (χ1n) is 7.07. The lowest BCUT2D eigenvalue weighted by Gasteiger charge is -2.20. The Kier molecular flexibility index (Phi) is 3.95. The van der Waals surface area contributed by atoms with Crippen LogP contribution in [0.1, 0.15) is 49.5 Å². The van der Waals surface area contributed by atoms with Gasteiger partial charge in [-0.3, -0.25) is 9.59 Å². The molecule has 2 N–H and O–H groups in total. The standard InChI is InChI=1S/C16H22N2O2/c1-11(19)12-6-7-14-13(10-12)16(2,3)15(20)18(14)9-5-4-8-17/h6-7,10H,4-5,8-9,17H2,1-3H3. The van der Waals surface area contributed by atoms with E-state index in [9.17, 15) is 9.59 Å². The van der Waals surface area contributed by atoms with Crippen LogP contribution in [-0.2, 0) is 10.2 Å². The molecule has 108 valence electrons. The summed E-state index contributed by atoms with van der Waals surface area (Å²) in [7, 11) is 0. The summed E-state index contributed by atoms with van der Waals surface area (Å²) in [4.78, 5) is 25.9. The summed E-state index contributed by atoms with van der Waals surface area (Å²) in [5.74, 6) is 0.128. The number of Topliss-reactive ketones (excluding diaryl/α,β-unsaturated/α-hetero) is 1. The second-order valence-corrected chi connectivity index (χ2v) is 5.87. The molecular weight excluding hydrogens is 252 g/mol. The van der Waals surface area contributed by atoms with Crippen molar-refractivity contribution in [1.82, 2.24) is 0 Å². The zero-order chi connectivity index (χ0) is 14.9. The number of ketones is 1. The molecule has 2 rings (SSSR count). The predicted octanol–water partition coefficient (Wildman–Crippen LogP) is 2.25. The van der Waals surface area contributed by atoms with Crippen LogP contribution in [0.4, 0.5) is 5.69 Å². The number of nitrogens with two attached hydrogens (primary N) is 1. The fourth-order valence-electron chi connectivity index (χ4n) is 2.69. The number of unbranched alkanes of at least 4 members (excludes halogenated alkanes) is 1. The Balaban J connectivity index is 2.38. The summed E-state index contributed by atoms with van der Waals surface area (Å²) in [6, 6.07) is 5.55. The van der Waals surface area contributed by atoms with Crippen molar-refractivity contribution in [2.24, 2.45) is 5.73 Å². The number of anilines is 1. The average molecular weight is 274 g/mol. The van der Waals surface area contributed by atoms with Crippen LogP contribution < -0.4 is 10.6 Å². The van der Waals surface area contributed by atoms with Gasteiger partial charge < -0.3 is 10.6 Å². The third-order valence-corrected chi connectivity index (χ3v) is 3.98. The van der Waals surface area contributed by atoms with Gasteiger partial charge in [0.2, 0.25) is 5.91 Å². The average Bonchev–Trinajstić information content (AvgIpc) is 2.59. The maximum absolute atomic E-state index is 12.6. The number of rotatable bonds is 5. The van der Waals surface area contributed by atoms with E-state index >= 15 is 0 Å². The van der Waals surface area contributed by atoms with E-state index in [2.05, 4.69) is 0 Å². The quantitative estimate of drug-likeness (QED) is 0.661. The van der Waals surface area contributed by atoms with Crippen LogP contribution in [0.15, 0.2) is 18.2 Å². The van der Waals surface area contributed by atoms with E-state index in [0.717, 1.165) is 24.1 Å². The summed E-state index contributed by atoms with van der Waals surface area (Å²) in [6.45, 7) is 6.71. The molecule has 0 spiro atoms. The van der Waals surface area contributed by atoms with Crippen LogP contribution in [0.25, 0.3) is 0 Å². The topological polar surface area (TPSA) is 63.4 Å². The minimum atomic E-state index is -0.566. The smallest absolute Gasteiger partial charge is 0.237 e. The molecule has 1 heterocycles. The number of carbonyl (C=O) groups is 2. The van der Waals surface area contributed by atoms with Gasteiger partial charge in [-0.25, -0.2) is 0 Å². The van der Waals surface area contributed by atoms with E-state index in [1.165, 1.54) is 0 Å². The highest BCUT2D eigenvalue weighted by Crippen LogP contribution is 2.42. The molecule has 0 bridgehead atoms. The van der Waals surface area contributed by atoms with Crippen molar-refractivity contribution in [1.29, 1.82) is 0 Å². The van der Waals surface area contributed by atoms with Crippen molar-refractivity contribution in [2.45, 2.75) is 39.0 Å². The van der Waals surface area contributed by atoms with E-state index in [1.807, 2.05) is 30.9 Å². The van der Waals surface area contributed by atoms with Crippen LogP contribution >= 0.6 is 0 Å². The Morgan fingerprint density at radius 2 is 2.00 bits per heavy atom. The van der Waals surface area contributed by atoms with Crippen molar-refractivity contribution >= 4 is 17.4 Å². The Labute approximate surface area is 119 Å². The fraction of sp³-hybridized carbons (Fsp3) is 0.500.